The van der Waals surface area contributed by atoms with E-state index < -0.39 is 0 Å². The molecule has 0 spiro atoms. The summed E-state index contributed by atoms with van der Waals surface area (Å²) < 4.78 is 5.83. The smallest absolute Gasteiger partial charge is 0.188 e. The fourth-order valence-electron chi connectivity index (χ4n) is 1.13. The van der Waals surface area contributed by atoms with E-state index in [0.717, 1.165) is 10.0 Å². The molecule has 2 aromatic rings. The summed E-state index contributed by atoms with van der Waals surface area (Å²) >= 11 is 15.2. The van der Waals surface area contributed by atoms with E-state index in [2.05, 4.69) is 21.1 Å². The van der Waals surface area contributed by atoms with Crippen LogP contribution in [0.15, 0.2) is 27.2 Å². The van der Waals surface area contributed by atoms with Crippen LogP contribution >= 0.6 is 39.1 Å². The summed E-state index contributed by atoms with van der Waals surface area (Å²) in [6.45, 7) is 0. The highest BCUT2D eigenvalue weighted by atomic mass is 79.9. The van der Waals surface area contributed by atoms with E-state index >= 15 is 0 Å². The average molecular weight is 308 g/mol. The molecule has 1 heterocycles. The van der Waals surface area contributed by atoms with Crippen LogP contribution in [0.4, 0.5) is 5.82 Å². The van der Waals surface area contributed by atoms with Crippen molar-refractivity contribution >= 4 is 44.9 Å². The first kappa shape index (κ1) is 10.8. The molecule has 6 heteroatoms. The Bertz CT molecular complexity index is 513. The number of nitrogens with zero attached hydrogens (tertiary/aromatic N) is 1. The van der Waals surface area contributed by atoms with Crippen molar-refractivity contribution in [1.29, 1.82) is 0 Å². The molecule has 0 saturated carbocycles. The third-order valence-corrected chi connectivity index (χ3v) is 3.12. The normalized spacial score (nSPS) is 10.6. The number of hydrogen-bond acceptors (Lipinski definition) is 3. The van der Waals surface area contributed by atoms with Gasteiger partial charge in [-0.2, -0.15) is 0 Å². The summed E-state index contributed by atoms with van der Waals surface area (Å²) in [5.41, 5.74) is 6.20. The van der Waals surface area contributed by atoms with Crippen molar-refractivity contribution in [3.05, 3.63) is 32.7 Å². The maximum atomic E-state index is 5.92. The predicted molar refractivity (Wildman–Crippen MR) is 64.1 cm³/mol. The van der Waals surface area contributed by atoms with Gasteiger partial charge in [0.2, 0.25) is 0 Å². The monoisotopic (exact) mass is 306 g/mol. The summed E-state index contributed by atoms with van der Waals surface area (Å²) in [7, 11) is 0. The van der Waals surface area contributed by atoms with Crippen molar-refractivity contribution in [1.82, 2.24) is 5.16 Å². The van der Waals surface area contributed by atoms with Crippen LogP contribution in [0.25, 0.3) is 11.3 Å². The Morgan fingerprint density at radius 2 is 2.07 bits per heavy atom. The summed E-state index contributed by atoms with van der Waals surface area (Å²) in [5, 5.41) is 4.44. The number of aromatic nitrogens is 1. The zero-order valence-corrected chi connectivity index (χ0v) is 10.4. The average Bonchev–Trinajstić information content (AvgIpc) is 2.52. The van der Waals surface area contributed by atoms with E-state index in [1.54, 1.807) is 18.2 Å². The van der Waals surface area contributed by atoms with Crippen LogP contribution in [-0.4, -0.2) is 5.16 Å². The molecule has 2 N–H and O–H groups in total. The van der Waals surface area contributed by atoms with Gasteiger partial charge in [-0.1, -0.05) is 44.3 Å². The molecule has 3 nitrogen and oxygen atoms in total. The van der Waals surface area contributed by atoms with Gasteiger partial charge in [0.25, 0.3) is 0 Å². The Balaban J connectivity index is 2.63. The van der Waals surface area contributed by atoms with E-state index in [1.165, 1.54) is 0 Å². The molecule has 0 saturated heterocycles. The Morgan fingerprint density at radius 1 is 1.33 bits per heavy atom. The number of hydrogen-bond donors (Lipinski definition) is 1. The van der Waals surface area contributed by atoms with Crippen LogP contribution in [0, 0.1) is 0 Å². The Morgan fingerprint density at radius 3 is 2.67 bits per heavy atom. The third kappa shape index (κ3) is 1.97. The number of halogens is 3. The van der Waals surface area contributed by atoms with Gasteiger partial charge >= 0.3 is 0 Å². The molecule has 0 aliphatic carbocycles. The number of rotatable bonds is 1. The zero-order valence-electron chi connectivity index (χ0n) is 7.30. The quantitative estimate of drug-likeness (QED) is 0.866. The summed E-state index contributed by atoms with van der Waals surface area (Å²) in [6.07, 6.45) is 0. The predicted octanol–water partition coefficient (Wildman–Crippen LogP) is 3.99. The van der Waals surface area contributed by atoms with Crippen molar-refractivity contribution in [3.63, 3.8) is 0 Å². The van der Waals surface area contributed by atoms with Gasteiger partial charge in [-0.15, -0.1) is 0 Å². The molecule has 78 valence electrons. The van der Waals surface area contributed by atoms with Gasteiger partial charge in [-0.3, -0.25) is 0 Å². The molecule has 0 aliphatic heterocycles. The molecule has 2 rings (SSSR count). The maximum Gasteiger partial charge on any atom is 0.188 e. The van der Waals surface area contributed by atoms with Gasteiger partial charge in [-0.25, -0.2) is 0 Å². The highest BCUT2D eigenvalue weighted by Gasteiger charge is 2.16. The SMILES string of the molecule is Nc1noc(-c2cc(Cl)ccc2Br)c1Cl. The lowest BCUT2D eigenvalue weighted by molar-refractivity contribution is 0.435. The van der Waals surface area contributed by atoms with E-state index in [0.29, 0.717) is 10.8 Å². The molecule has 0 bridgehead atoms. The number of anilines is 1. The lowest BCUT2D eigenvalue weighted by Crippen LogP contribution is -1.83. The molecule has 0 fully saturated rings. The van der Waals surface area contributed by atoms with Crippen molar-refractivity contribution < 1.29 is 4.52 Å². The van der Waals surface area contributed by atoms with Gasteiger partial charge < -0.3 is 10.3 Å². The molecule has 1 aromatic carbocycles. The molecular formula is C9H5BrCl2N2O. The highest BCUT2D eigenvalue weighted by Crippen LogP contribution is 2.37. The minimum atomic E-state index is 0.165. The van der Waals surface area contributed by atoms with E-state index in [1.807, 2.05) is 0 Å². The zero-order chi connectivity index (χ0) is 11.0. The number of benzene rings is 1. The highest BCUT2D eigenvalue weighted by molar-refractivity contribution is 9.10. The third-order valence-electron chi connectivity index (χ3n) is 1.83. The summed E-state index contributed by atoms with van der Waals surface area (Å²) in [6, 6.07) is 5.27. The first-order chi connectivity index (χ1) is 7.09. The second-order valence-corrected chi connectivity index (χ2v) is 4.50. The van der Waals surface area contributed by atoms with Crippen molar-refractivity contribution in [2.75, 3.05) is 5.73 Å². The first-order valence-corrected chi connectivity index (χ1v) is 5.50. The number of nitrogens with two attached hydrogens (primary N) is 1. The fourth-order valence-corrected chi connectivity index (χ4v) is 1.90. The Labute approximate surface area is 104 Å². The van der Waals surface area contributed by atoms with E-state index in [4.69, 9.17) is 33.5 Å². The summed E-state index contributed by atoms with van der Waals surface area (Å²) in [5.74, 6) is 0.571. The van der Waals surface area contributed by atoms with E-state index in [9.17, 15) is 0 Å². The van der Waals surface area contributed by atoms with Crippen LogP contribution in [0.2, 0.25) is 10.0 Å². The largest absolute Gasteiger partial charge is 0.380 e. The second-order valence-electron chi connectivity index (χ2n) is 2.84. The summed E-state index contributed by atoms with van der Waals surface area (Å²) in [4.78, 5) is 0. The van der Waals surface area contributed by atoms with E-state index in [-0.39, 0.29) is 10.8 Å². The van der Waals surface area contributed by atoms with Crippen molar-refractivity contribution in [2.45, 2.75) is 0 Å². The molecule has 0 amide bonds. The Kier molecular flexibility index (Phi) is 2.91. The van der Waals surface area contributed by atoms with Gasteiger partial charge in [0, 0.05) is 15.1 Å². The lowest BCUT2D eigenvalue weighted by atomic mass is 10.2. The number of nitrogen functional groups attached to an aromatic ring is 1. The molecule has 0 radical (unpaired) electrons. The second kappa shape index (κ2) is 4.04. The molecule has 0 aliphatic rings. The molecular weight excluding hydrogens is 303 g/mol. The fraction of sp³-hybridized carbons (Fsp3) is 0. The Hall–Kier alpha value is -0.710. The van der Waals surface area contributed by atoms with Crippen LogP contribution in [-0.2, 0) is 0 Å². The van der Waals surface area contributed by atoms with Crippen molar-refractivity contribution in [3.8, 4) is 11.3 Å². The minimum Gasteiger partial charge on any atom is -0.380 e. The molecule has 0 atom stereocenters. The molecule has 15 heavy (non-hydrogen) atoms. The van der Waals surface area contributed by atoms with Gasteiger partial charge in [-0.05, 0) is 18.2 Å². The maximum absolute atomic E-state index is 5.92. The standard InChI is InChI=1S/C9H5BrCl2N2O/c10-6-2-1-4(11)3-5(6)8-7(12)9(13)14-15-8/h1-3H,(H2,13,14). The van der Waals surface area contributed by atoms with Crippen LogP contribution in [0.5, 0.6) is 0 Å². The van der Waals surface area contributed by atoms with Crippen LogP contribution in [0.1, 0.15) is 0 Å². The van der Waals surface area contributed by atoms with Gasteiger partial charge in [0.1, 0.15) is 5.02 Å². The molecule has 0 unspecified atom stereocenters. The van der Waals surface area contributed by atoms with Gasteiger partial charge in [0.15, 0.2) is 11.6 Å². The van der Waals surface area contributed by atoms with Crippen molar-refractivity contribution in [2.24, 2.45) is 0 Å². The lowest BCUT2D eigenvalue weighted by Gasteiger charge is -2.00. The topological polar surface area (TPSA) is 52.0 Å². The first-order valence-electron chi connectivity index (χ1n) is 3.95. The van der Waals surface area contributed by atoms with Crippen LogP contribution in [0.3, 0.4) is 0 Å². The minimum absolute atomic E-state index is 0.165. The van der Waals surface area contributed by atoms with Crippen LogP contribution < -0.4 is 5.73 Å². The molecule has 1 aromatic heterocycles. The van der Waals surface area contributed by atoms with Gasteiger partial charge in [0.05, 0.1) is 0 Å².